The normalized spacial score (nSPS) is 26.4. The van der Waals surface area contributed by atoms with Gasteiger partial charge in [-0.2, -0.15) is 5.10 Å². The molecule has 204 valence electrons. The van der Waals surface area contributed by atoms with Crippen LogP contribution < -0.4 is 0 Å². The summed E-state index contributed by atoms with van der Waals surface area (Å²) in [6.07, 6.45) is 4.85. The number of hydrogen-bond acceptors (Lipinski definition) is 5. The first-order valence-electron chi connectivity index (χ1n) is 13.5. The number of hydrazone groups is 1. The zero-order valence-electron chi connectivity index (χ0n) is 21.9. The lowest BCUT2D eigenvalue weighted by Crippen LogP contribution is -2.55. The molecule has 0 unspecified atom stereocenters. The molecule has 2 atom stereocenters. The van der Waals surface area contributed by atoms with Gasteiger partial charge in [-0.05, 0) is 49.3 Å². The molecule has 0 bridgehead atoms. The summed E-state index contributed by atoms with van der Waals surface area (Å²) in [5, 5.41) is 6.24. The van der Waals surface area contributed by atoms with Crippen molar-refractivity contribution in [3.8, 4) is 0 Å². The molecule has 10 heteroatoms. The molecule has 3 heterocycles. The Morgan fingerprint density at radius 2 is 1.58 bits per heavy atom. The van der Waals surface area contributed by atoms with Gasteiger partial charge >= 0.3 is 0 Å². The number of benzene rings is 1. The van der Waals surface area contributed by atoms with Crippen molar-refractivity contribution in [3.05, 3.63) is 35.4 Å². The Morgan fingerprint density at radius 3 is 2.21 bits per heavy atom. The van der Waals surface area contributed by atoms with Crippen molar-refractivity contribution < 1.29 is 28.0 Å². The molecule has 1 saturated carbocycles. The zero-order chi connectivity index (χ0) is 27.2. The van der Waals surface area contributed by atoms with Gasteiger partial charge in [-0.1, -0.05) is 26.7 Å². The summed E-state index contributed by atoms with van der Waals surface area (Å²) < 4.78 is 27.7. The molecule has 4 amide bonds. The second kappa shape index (κ2) is 10.2. The topological polar surface area (TPSA) is 90.4 Å². The lowest BCUT2D eigenvalue weighted by molar-refractivity contribution is -0.157. The number of halogens is 2. The first-order chi connectivity index (χ1) is 18.0. The van der Waals surface area contributed by atoms with Crippen LogP contribution in [0.1, 0.15) is 70.8 Å². The summed E-state index contributed by atoms with van der Waals surface area (Å²) in [5.41, 5.74) is 0.713. The van der Waals surface area contributed by atoms with Crippen LogP contribution in [0.3, 0.4) is 0 Å². The summed E-state index contributed by atoms with van der Waals surface area (Å²) in [4.78, 5) is 54.1. The Morgan fingerprint density at radius 1 is 0.947 bits per heavy atom. The molecule has 0 N–H and O–H groups in total. The van der Waals surface area contributed by atoms with E-state index in [4.69, 9.17) is 5.10 Å². The van der Waals surface area contributed by atoms with Gasteiger partial charge in [-0.25, -0.2) is 13.8 Å². The molecule has 8 nitrogen and oxygen atoms in total. The predicted octanol–water partition coefficient (Wildman–Crippen LogP) is 3.48. The maximum Gasteiger partial charge on any atom is 0.246 e. The highest BCUT2D eigenvalue weighted by Crippen LogP contribution is 2.39. The minimum atomic E-state index is -0.943. The number of rotatable bonds is 4. The van der Waals surface area contributed by atoms with Crippen LogP contribution in [0.2, 0.25) is 0 Å². The monoisotopic (exact) mass is 528 g/mol. The lowest BCUT2D eigenvalue weighted by Gasteiger charge is -2.43. The summed E-state index contributed by atoms with van der Waals surface area (Å²) in [6.45, 7) is 4.22. The van der Waals surface area contributed by atoms with Crippen LogP contribution in [-0.2, 0) is 19.2 Å². The minimum Gasteiger partial charge on any atom is -0.341 e. The summed E-state index contributed by atoms with van der Waals surface area (Å²) in [7, 11) is 0. The van der Waals surface area contributed by atoms with E-state index >= 15 is 0 Å². The van der Waals surface area contributed by atoms with Gasteiger partial charge in [0, 0.05) is 43.3 Å². The minimum absolute atomic E-state index is 0.0436. The van der Waals surface area contributed by atoms with Gasteiger partial charge < -0.3 is 4.90 Å². The quantitative estimate of drug-likeness (QED) is 0.560. The first kappa shape index (κ1) is 26.4. The van der Waals surface area contributed by atoms with Crippen molar-refractivity contribution in [3.63, 3.8) is 0 Å². The number of carbonyl (C=O) groups is 4. The smallest absolute Gasteiger partial charge is 0.246 e. The lowest BCUT2D eigenvalue weighted by atomic mass is 9.73. The molecule has 4 aliphatic rings. The van der Waals surface area contributed by atoms with E-state index in [1.807, 2.05) is 13.8 Å². The van der Waals surface area contributed by atoms with Crippen molar-refractivity contribution in [2.24, 2.45) is 22.4 Å². The number of nitrogens with zero attached hydrogens (tertiary/aromatic N) is 4. The Labute approximate surface area is 221 Å². The van der Waals surface area contributed by atoms with E-state index in [0.29, 0.717) is 37.2 Å². The third kappa shape index (κ3) is 5.09. The molecule has 2 saturated heterocycles. The van der Waals surface area contributed by atoms with Crippen LogP contribution in [0.15, 0.2) is 23.3 Å². The Hall–Kier alpha value is -3.17. The summed E-state index contributed by atoms with van der Waals surface area (Å²) in [5.74, 6) is -3.21. The van der Waals surface area contributed by atoms with E-state index in [0.717, 1.165) is 42.7 Å². The van der Waals surface area contributed by atoms with Crippen LogP contribution in [-0.4, -0.2) is 69.8 Å². The van der Waals surface area contributed by atoms with E-state index in [1.165, 1.54) is 11.1 Å². The SMILES string of the molecule is CC1(C)CC(=O)N(CC(=O)N2CCC(N3N=C(c4ccc(F)c(F)c4)[C@H]4CCCC[C@H]4C3=O)CC2)C(=O)C1. The number of fused-ring (bicyclic) bond motifs is 1. The highest BCUT2D eigenvalue weighted by molar-refractivity contribution is 6.07. The molecular weight excluding hydrogens is 494 g/mol. The van der Waals surface area contributed by atoms with E-state index in [2.05, 4.69) is 0 Å². The number of imide groups is 1. The van der Waals surface area contributed by atoms with Crippen molar-refractivity contribution in [1.29, 1.82) is 0 Å². The third-order valence-corrected chi connectivity index (χ3v) is 8.41. The molecule has 5 rings (SSSR count). The van der Waals surface area contributed by atoms with E-state index < -0.39 is 17.0 Å². The van der Waals surface area contributed by atoms with Gasteiger partial charge in [0.2, 0.25) is 23.6 Å². The van der Waals surface area contributed by atoms with Gasteiger partial charge in [0.05, 0.1) is 11.8 Å². The van der Waals surface area contributed by atoms with E-state index in [-0.39, 0.29) is 60.9 Å². The number of piperidine rings is 2. The highest BCUT2D eigenvalue weighted by Gasteiger charge is 2.44. The van der Waals surface area contributed by atoms with Crippen LogP contribution in [0.25, 0.3) is 0 Å². The molecule has 1 aliphatic carbocycles. The van der Waals surface area contributed by atoms with Crippen LogP contribution in [0, 0.1) is 28.9 Å². The predicted molar refractivity (Wildman–Crippen MR) is 135 cm³/mol. The fourth-order valence-electron chi connectivity index (χ4n) is 6.33. The van der Waals surface area contributed by atoms with Crippen LogP contribution in [0.5, 0.6) is 0 Å². The van der Waals surface area contributed by atoms with Gasteiger partial charge in [-0.15, -0.1) is 0 Å². The van der Waals surface area contributed by atoms with E-state index in [1.54, 1.807) is 4.90 Å². The average Bonchev–Trinajstić information content (AvgIpc) is 2.88. The van der Waals surface area contributed by atoms with Gasteiger partial charge in [0.25, 0.3) is 0 Å². The second-order valence-corrected chi connectivity index (χ2v) is 11.8. The molecule has 1 aromatic rings. The molecule has 38 heavy (non-hydrogen) atoms. The maximum atomic E-state index is 14.1. The van der Waals surface area contributed by atoms with Gasteiger partial charge in [0.1, 0.15) is 6.54 Å². The zero-order valence-corrected chi connectivity index (χ0v) is 21.9. The van der Waals surface area contributed by atoms with Crippen LogP contribution in [0.4, 0.5) is 8.78 Å². The second-order valence-electron chi connectivity index (χ2n) is 11.8. The van der Waals surface area contributed by atoms with Crippen molar-refractivity contribution >= 4 is 29.3 Å². The fraction of sp³-hybridized carbons (Fsp3) is 0.607. The van der Waals surface area contributed by atoms with Crippen LogP contribution >= 0.6 is 0 Å². The fourth-order valence-corrected chi connectivity index (χ4v) is 6.33. The Balaban J connectivity index is 1.28. The Kier molecular flexibility index (Phi) is 7.09. The number of carbonyl (C=O) groups excluding carboxylic acids is 4. The summed E-state index contributed by atoms with van der Waals surface area (Å²) >= 11 is 0. The maximum absolute atomic E-state index is 14.1. The van der Waals surface area contributed by atoms with E-state index in [9.17, 15) is 28.0 Å². The number of hydrogen-bond donors (Lipinski definition) is 0. The van der Waals surface area contributed by atoms with Gasteiger partial charge in [-0.3, -0.25) is 24.1 Å². The molecule has 0 aromatic heterocycles. The van der Waals surface area contributed by atoms with Gasteiger partial charge in [0.15, 0.2) is 11.6 Å². The molecule has 3 aliphatic heterocycles. The largest absolute Gasteiger partial charge is 0.341 e. The summed E-state index contributed by atoms with van der Waals surface area (Å²) in [6, 6.07) is 3.53. The Bertz CT molecular complexity index is 1170. The molecule has 0 radical (unpaired) electrons. The standard InChI is InChI=1S/C28H34F2N4O4/c1-28(2)14-23(35)33(24(36)15-28)16-25(37)32-11-9-18(10-12-32)34-27(38)20-6-4-3-5-19(20)26(31-34)17-7-8-21(29)22(30)13-17/h7-8,13,18-20H,3-6,9-12,14-16H2,1-2H3/t19-,20+/m0/s1. The molecule has 0 spiro atoms. The highest BCUT2D eigenvalue weighted by atomic mass is 19.2. The van der Waals surface area contributed by atoms with Crippen molar-refractivity contribution in [2.75, 3.05) is 19.6 Å². The molecule has 1 aromatic carbocycles. The van der Waals surface area contributed by atoms with Crippen molar-refractivity contribution in [2.45, 2.75) is 71.3 Å². The van der Waals surface area contributed by atoms with Crippen molar-refractivity contribution in [1.82, 2.24) is 14.8 Å². The average molecular weight is 529 g/mol. The number of likely N-dealkylation sites (tertiary alicyclic amines) is 2. The first-order valence-corrected chi connectivity index (χ1v) is 13.5. The molecular formula is C28H34F2N4O4. The molecule has 3 fully saturated rings. The number of amides is 4. The third-order valence-electron chi connectivity index (χ3n) is 8.41.